The third kappa shape index (κ3) is 1.83. The van der Waals surface area contributed by atoms with Gasteiger partial charge in [-0.3, -0.25) is 0 Å². The molecule has 2 heteroatoms. The first-order chi connectivity index (χ1) is 9.24. The zero-order chi connectivity index (χ0) is 13.4. The van der Waals surface area contributed by atoms with Crippen molar-refractivity contribution in [1.82, 2.24) is 4.57 Å². The van der Waals surface area contributed by atoms with Crippen LogP contribution in [0.1, 0.15) is 17.5 Å². The highest BCUT2D eigenvalue weighted by Crippen LogP contribution is 2.31. The molecule has 3 rings (SSSR count). The molecule has 0 aliphatic rings. The summed E-state index contributed by atoms with van der Waals surface area (Å²) in [6, 6.07) is 13.0. The Kier molecular flexibility index (Phi) is 3.03. The predicted molar refractivity (Wildman–Crippen MR) is 80.6 cm³/mol. The molecule has 1 aromatic heterocycles. The fraction of sp³-hybridized carbons (Fsp3) is 0.294. The minimum Gasteiger partial charge on any atom is -0.396 e. The van der Waals surface area contributed by atoms with Gasteiger partial charge in [0.25, 0.3) is 0 Å². The van der Waals surface area contributed by atoms with Crippen LogP contribution in [0.5, 0.6) is 0 Å². The van der Waals surface area contributed by atoms with Gasteiger partial charge < -0.3 is 9.67 Å². The number of nitrogens with zero attached hydrogens (tertiary/aromatic N) is 1. The molecule has 2 aromatic carbocycles. The lowest BCUT2D eigenvalue weighted by Crippen LogP contribution is -1.96. The van der Waals surface area contributed by atoms with E-state index in [1.807, 2.05) is 0 Å². The number of hydrogen-bond acceptors (Lipinski definition) is 1. The van der Waals surface area contributed by atoms with Gasteiger partial charge in [-0.1, -0.05) is 30.3 Å². The average molecular weight is 253 g/mol. The van der Waals surface area contributed by atoms with Crippen LogP contribution in [0, 0.1) is 6.92 Å². The first-order valence-electron chi connectivity index (χ1n) is 6.80. The van der Waals surface area contributed by atoms with E-state index in [0.717, 1.165) is 12.8 Å². The van der Waals surface area contributed by atoms with Crippen molar-refractivity contribution in [2.45, 2.75) is 19.8 Å². The summed E-state index contributed by atoms with van der Waals surface area (Å²) in [5.74, 6) is 0. The van der Waals surface area contributed by atoms with E-state index in [9.17, 15) is 0 Å². The molecule has 0 aliphatic heterocycles. The van der Waals surface area contributed by atoms with Crippen LogP contribution < -0.4 is 0 Å². The largest absolute Gasteiger partial charge is 0.396 e. The van der Waals surface area contributed by atoms with Crippen LogP contribution in [0.3, 0.4) is 0 Å². The Hall–Kier alpha value is -1.80. The molecular weight excluding hydrogens is 234 g/mol. The Morgan fingerprint density at radius 2 is 1.84 bits per heavy atom. The van der Waals surface area contributed by atoms with E-state index in [0.29, 0.717) is 0 Å². The van der Waals surface area contributed by atoms with Crippen molar-refractivity contribution < 1.29 is 5.11 Å². The zero-order valence-electron chi connectivity index (χ0n) is 11.5. The number of para-hydroxylation sites is 1. The van der Waals surface area contributed by atoms with Gasteiger partial charge in [0, 0.05) is 29.9 Å². The van der Waals surface area contributed by atoms with Crippen LogP contribution in [0.4, 0.5) is 0 Å². The van der Waals surface area contributed by atoms with Crippen molar-refractivity contribution in [3.8, 4) is 0 Å². The van der Waals surface area contributed by atoms with E-state index in [2.05, 4.69) is 54.9 Å². The number of benzene rings is 2. The molecule has 19 heavy (non-hydrogen) atoms. The first kappa shape index (κ1) is 12.2. The van der Waals surface area contributed by atoms with E-state index in [-0.39, 0.29) is 6.61 Å². The number of aromatic nitrogens is 1. The molecule has 1 heterocycles. The molecule has 3 aromatic rings. The van der Waals surface area contributed by atoms with Gasteiger partial charge in [-0.15, -0.1) is 0 Å². The SMILES string of the molecule is Cc1c(CCCO)ccc2c3ccccc3n(C)c12. The number of rotatable bonds is 3. The monoisotopic (exact) mass is 253 g/mol. The Labute approximate surface area is 113 Å². The second-order valence-electron chi connectivity index (χ2n) is 5.15. The molecule has 0 amide bonds. The fourth-order valence-corrected chi connectivity index (χ4v) is 3.05. The van der Waals surface area contributed by atoms with Gasteiger partial charge in [-0.05, 0) is 37.0 Å². The summed E-state index contributed by atoms with van der Waals surface area (Å²) in [5.41, 5.74) is 5.27. The predicted octanol–water partition coefficient (Wildman–Crippen LogP) is 3.56. The maximum absolute atomic E-state index is 9.00. The molecule has 2 nitrogen and oxygen atoms in total. The van der Waals surface area contributed by atoms with E-state index < -0.39 is 0 Å². The highest BCUT2D eigenvalue weighted by molar-refractivity contribution is 6.09. The summed E-state index contributed by atoms with van der Waals surface area (Å²) < 4.78 is 2.28. The third-order valence-electron chi connectivity index (χ3n) is 4.04. The fourth-order valence-electron chi connectivity index (χ4n) is 3.05. The van der Waals surface area contributed by atoms with Crippen molar-refractivity contribution >= 4 is 21.8 Å². The normalized spacial score (nSPS) is 11.5. The molecule has 0 unspecified atom stereocenters. The topological polar surface area (TPSA) is 25.2 Å². The molecule has 0 radical (unpaired) electrons. The van der Waals surface area contributed by atoms with Gasteiger partial charge >= 0.3 is 0 Å². The maximum atomic E-state index is 9.00. The van der Waals surface area contributed by atoms with Crippen molar-refractivity contribution in [3.05, 3.63) is 47.5 Å². The molecule has 1 N–H and O–H groups in total. The van der Waals surface area contributed by atoms with Gasteiger partial charge in [0.15, 0.2) is 0 Å². The maximum Gasteiger partial charge on any atom is 0.0521 e. The summed E-state index contributed by atoms with van der Waals surface area (Å²) in [6.45, 7) is 2.44. The Morgan fingerprint density at radius 1 is 1.05 bits per heavy atom. The average Bonchev–Trinajstić information content (AvgIpc) is 2.73. The van der Waals surface area contributed by atoms with Gasteiger partial charge in [0.05, 0.1) is 5.52 Å². The number of aliphatic hydroxyl groups is 1. The van der Waals surface area contributed by atoms with Crippen LogP contribution >= 0.6 is 0 Å². The number of aliphatic hydroxyl groups excluding tert-OH is 1. The molecule has 0 aliphatic carbocycles. The smallest absolute Gasteiger partial charge is 0.0521 e. The van der Waals surface area contributed by atoms with Crippen molar-refractivity contribution in [1.29, 1.82) is 0 Å². The van der Waals surface area contributed by atoms with Gasteiger partial charge in [0.1, 0.15) is 0 Å². The summed E-state index contributed by atoms with van der Waals surface area (Å²) in [5, 5.41) is 11.6. The summed E-state index contributed by atoms with van der Waals surface area (Å²) in [7, 11) is 2.13. The van der Waals surface area contributed by atoms with Crippen LogP contribution in [-0.4, -0.2) is 16.3 Å². The number of fused-ring (bicyclic) bond motifs is 3. The van der Waals surface area contributed by atoms with E-state index in [1.165, 1.54) is 32.9 Å². The summed E-state index contributed by atoms with van der Waals surface area (Å²) in [4.78, 5) is 0. The molecule has 0 fully saturated rings. The summed E-state index contributed by atoms with van der Waals surface area (Å²) >= 11 is 0. The quantitative estimate of drug-likeness (QED) is 0.758. The molecule has 0 saturated heterocycles. The molecular formula is C17H19NO. The standard InChI is InChI=1S/C17H19NO/c1-12-13(6-5-11-19)9-10-15-14-7-3-4-8-16(14)18(2)17(12)15/h3-4,7-10,19H,5-6,11H2,1-2H3. The van der Waals surface area contributed by atoms with E-state index >= 15 is 0 Å². The van der Waals surface area contributed by atoms with Crippen LogP contribution in [0.15, 0.2) is 36.4 Å². The lowest BCUT2D eigenvalue weighted by atomic mass is 10.0. The molecule has 98 valence electrons. The Balaban J connectivity index is 2.31. The van der Waals surface area contributed by atoms with Gasteiger partial charge in [-0.25, -0.2) is 0 Å². The third-order valence-corrected chi connectivity index (χ3v) is 4.04. The van der Waals surface area contributed by atoms with Crippen LogP contribution in [0.25, 0.3) is 21.8 Å². The Bertz CT molecular complexity index is 740. The molecule has 0 saturated carbocycles. The van der Waals surface area contributed by atoms with Crippen LogP contribution in [0.2, 0.25) is 0 Å². The van der Waals surface area contributed by atoms with Gasteiger partial charge in [-0.2, -0.15) is 0 Å². The van der Waals surface area contributed by atoms with E-state index in [1.54, 1.807) is 0 Å². The number of hydrogen-bond donors (Lipinski definition) is 1. The molecule has 0 bridgehead atoms. The lowest BCUT2D eigenvalue weighted by Gasteiger charge is -2.08. The Morgan fingerprint density at radius 3 is 2.63 bits per heavy atom. The highest BCUT2D eigenvalue weighted by atomic mass is 16.2. The summed E-state index contributed by atoms with van der Waals surface area (Å²) in [6.07, 6.45) is 1.77. The van der Waals surface area contributed by atoms with Crippen molar-refractivity contribution in [3.63, 3.8) is 0 Å². The minimum absolute atomic E-state index is 0.257. The van der Waals surface area contributed by atoms with Crippen molar-refractivity contribution in [2.75, 3.05) is 6.61 Å². The first-order valence-corrected chi connectivity index (χ1v) is 6.80. The van der Waals surface area contributed by atoms with E-state index in [4.69, 9.17) is 5.11 Å². The molecule has 0 atom stereocenters. The second kappa shape index (κ2) is 4.71. The molecule has 0 spiro atoms. The zero-order valence-corrected chi connectivity index (χ0v) is 11.5. The van der Waals surface area contributed by atoms with Crippen molar-refractivity contribution in [2.24, 2.45) is 7.05 Å². The second-order valence-corrected chi connectivity index (χ2v) is 5.15. The highest BCUT2D eigenvalue weighted by Gasteiger charge is 2.11. The van der Waals surface area contributed by atoms with Gasteiger partial charge in [0.2, 0.25) is 0 Å². The number of aryl methyl sites for hydroxylation is 3. The lowest BCUT2D eigenvalue weighted by molar-refractivity contribution is 0.288. The minimum atomic E-state index is 0.257. The van der Waals surface area contributed by atoms with Crippen LogP contribution in [-0.2, 0) is 13.5 Å².